The Morgan fingerprint density at radius 2 is 0.737 bits per heavy atom. The number of aryl methyl sites for hydroxylation is 6. The van der Waals surface area contributed by atoms with Crippen molar-refractivity contribution in [2.45, 2.75) is 66.7 Å². The van der Waals surface area contributed by atoms with Crippen LogP contribution in [0, 0.1) is 27.7 Å². The van der Waals surface area contributed by atoms with Gasteiger partial charge in [-0.2, -0.15) is 0 Å². The first-order chi connectivity index (χ1) is 27.7. The van der Waals surface area contributed by atoms with Crippen molar-refractivity contribution in [2.75, 3.05) is 9.80 Å². The fourth-order valence-electron chi connectivity index (χ4n) is 7.44. The highest BCUT2D eigenvalue weighted by atomic mass is 16.4. The van der Waals surface area contributed by atoms with Gasteiger partial charge in [0.05, 0.1) is 0 Å². The molecule has 0 atom stereocenters. The summed E-state index contributed by atoms with van der Waals surface area (Å²) in [6.45, 7) is 10.9. The first kappa shape index (κ1) is 38.9. The van der Waals surface area contributed by atoms with Crippen molar-refractivity contribution in [1.82, 2.24) is 0 Å². The minimum Gasteiger partial charge on any atom is -0.481 e. The van der Waals surface area contributed by atoms with Crippen molar-refractivity contribution >= 4 is 40.1 Å². The van der Waals surface area contributed by atoms with Crippen LogP contribution < -0.4 is 9.80 Å². The van der Waals surface area contributed by atoms with Gasteiger partial charge >= 0.3 is 5.97 Å². The Morgan fingerprint density at radius 3 is 1.07 bits per heavy atom. The molecule has 0 aliphatic rings. The molecule has 57 heavy (non-hydrogen) atoms. The van der Waals surface area contributed by atoms with Gasteiger partial charge in [-0.05, 0) is 175 Å². The lowest BCUT2D eigenvalue weighted by Crippen LogP contribution is -2.10. The Kier molecular flexibility index (Phi) is 12.0. The fraction of sp³-hybridized carbons (Fsp3) is 0.189. The lowest BCUT2D eigenvalue weighted by Gasteiger charge is -2.26. The number of benzene rings is 7. The second-order valence-corrected chi connectivity index (χ2v) is 15.2. The molecule has 7 rings (SSSR count). The van der Waals surface area contributed by atoms with Gasteiger partial charge in [0.2, 0.25) is 0 Å². The second-order valence-electron chi connectivity index (χ2n) is 15.2. The molecule has 0 saturated heterocycles. The van der Waals surface area contributed by atoms with Crippen LogP contribution in [0.25, 0.3) is 22.3 Å². The highest BCUT2D eigenvalue weighted by molar-refractivity contribution is 5.81. The summed E-state index contributed by atoms with van der Waals surface area (Å²) in [5.74, 6) is -0.752. The zero-order chi connectivity index (χ0) is 39.9. The number of aliphatic carboxylic acids is 1. The Balaban J connectivity index is 1.11. The molecule has 7 aromatic rings. The maximum Gasteiger partial charge on any atom is 0.303 e. The summed E-state index contributed by atoms with van der Waals surface area (Å²) in [6.07, 6.45) is 3.78. The molecule has 0 aliphatic carbocycles. The number of anilines is 6. The quantitative estimate of drug-likeness (QED) is 0.120. The summed E-state index contributed by atoms with van der Waals surface area (Å²) in [4.78, 5) is 15.6. The molecule has 0 aromatic heterocycles. The predicted molar refractivity (Wildman–Crippen MR) is 240 cm³/mol. The van der Waals surface area contributed by atoms with Crippen LogP contribution in [-0.4, -0.2) is 11.1 Å². The number of hydrogen-bond donors (Lipinski definition) is 1. The molecule has 1 N–H and O–H groups in total. The molecule has 0 bridgehead atoms. The van der Waals surface area contributed by atoms with Gasteiger partial charge in [-0.3, -0.25) is 4.79 Å². The molecule has 0 radical (unpaired) electrons. The van der Waals surface area contributed by atoms with E-state index < -0.39 is 5.97 Å². The minimum absolute atomic E-state index is 0.182. The molecule has 4 nitrogen and oxygen atoms in total. The SMILES string of the molecule is CCCc1ccc(N(c2ccc(-c3ccc(-c4ccc(N(c5ccc(CCCC(=O)O)cc5)c5ccc(C)c(C)c5)cc4)cc3)cc2)c2ccc(C)c(C)c2)cc1. The number of carboxylic acids is 1. The van der Waals surface area contributed by atoms with Crippen LogP contribution in [-0.2, 0) is 17.6 Å². The molecule has 286 valence electrons. The van der Waals surface area contributed by atoms with Crippen molar-refractivity contribution in [2.24, 2.45) is 0 Å². The van der Waals surface area contributed by atoms with Gasteiger partial charge in [0.1, 0.15) is 0 Å². The van der Waals surface area contributed by atoms with E-state index >= 15 is 0 Å². The van der Waals surface area contributed by atoms with Gasteiger partial charge in [0.15, 0.2) is 0 Å². The molecule has 0 amide bonds. The highest BCUT2D eigenvalue weighted by Crippen LogP contribution is 2.39. The third-order valence-electron chi connectivity index (χ3n) is 11.1. The Morgan fingerprint density at radius 1 is 0.421 bits per heavy atom. The Hall–Kier alpha value is -6.39. The lowest BCUT2D eigenvalue weighted by atomic mass is 9.99. The normalized spacial score (nSPS) is 11.0. The van der Waals surface area contributed by atoms with E-state index in [1.165, 1.54) is 38.9 Å². The van der Waals surface area contributed by atoms with E-state index in [0.29, 0.717) is 6.42 Å². The third-order valence-corrected chi connectivity index (χ3v) is 11.1. The Labute approximate surface area is 338 Å². The zero-order valence-electron chi connectivity index (χ0n) is 33.8. The number of rotatable bonds is 14. The van der Waals surface area contributed by atoms with Gasteiger partial charge in [0, 0.05) is 40.5 Å². The zero-order valence-corrected chi connectivity index (χ0v) is 33.8. The number of nitrogens with zero attached hydrogens (tertiary/aromatic N) is 2. The molecule has 0 unspecified atom stereocenters. The van der Waals surface area contributed by atoms with E-state index in [2.05, 4.69) is 202 Å². The molecule has 0 saturated carbocycles. The maximum absolute atomic E-state index is 11.0. The smallest absolute Gasteiger partial charge is 0.303 e. The molecular formula is C53H52N2O2. The summed E-state index contributed by atoms with van der Waals surface area (Å²) in [7, 11) is 0. The van der Waals surface area contributed by atoms with Gasteiger partial charge < -0.3 is 14.9 Å². The van der Waals surface area contributed by atoms with Crippen molar-refractivity contribution in [3.05, 3.63) is 191 Å². The van der Waals surface area contributed by atoms with Crippen molar-refractivity contribution in [3.63, 3.8) is 0 Å². The summed E-state index contributed by atoms with van der Waals surface area (Å²) < 4.78 is 0. The van der Waals surface area contributed by atoms with Crippen LogP contribution in [0.5, 0.6) is 0 Å². The van der Waals surface area contributed by atoms with Crippen molar-refractivity contribution in [1.29, 1.82) is 0 Å². The van der Waals surface area contributed by atoms with E-state index in [0.717, 1.165) is 70.1 Å². The molecule has 7 aromatic carbocycles. The van der Waals surface area contributed by atoms with E-state index in [9.17, 15) is 4.79 Å². The summed E-state index contributed by atoms with van der Waals surface area (Å²) >= 11 is 0. The number of carboxylic acid groups (broad SMARTS) is 1. The summed E-state index contributed by atoms with van der Waals surface area (Å²) in [5, 5.41) is 9.06. The number of hydrogen-bond acceptors (Lipinski definition) is 3. The van der Waals surface area contributed by atoms with E-state index in [1.807, 2.05) is 0 Å². The van der Waals surface area contributed by atoms with Crippen LogP contribution in [0.1, 0.15) is 59.6 Å². The molecule has 4 heteroatoms. The highest BCUT2D eigenvalue weighted by Gasteiger charge is 2.16. The summed E-state index contributed by atoms with van der Waals surface area (Å²) in [6, 6.07) is 57.3. The summed E-state index contributed by atoms with van der Waals surface area (Å²) in [5.41, 5.74) is 18.9. The molecule has 0 heterocycles. The van der Waals surface area contributed by atoms with Crippen LogP contribution in [0.4, 0.5) is 34.1 Å². The van der Waals surface area contributed by atoms with Crippen LogP contribution in [0.2, 0.25) is 0 Å². The average Bonchev–Trinajstić information content (AvgIpc) is 3.22. The average molecular weight is 749 g/mol. The fourth-order valence-corrected chi connectivity index (χ4v) is 7.44. The van der Waals surface area contributed by atoms with Crippen LogP contribution in [0.15, 0.2) is 158 Å². The largest absolute Gasteiger partial charge is 0.481 e. The minimum atomic E-state index is -0.752. The van der Waals surface area contributed by atoms with Gasteiger partial charge in [-0.15, -0.1) is 0 Å². The van der Waals surface area contributed by atoms with E-state index in [4.69, 9.17) is 5.11 Å². The van der Waals surface area contributed by atoms with Crippen molar-refractivity contribution in [3.8, 4) is 22.3 Å². The van der Waals surface area contributed by atoms with Crippen LogP contribution >= 0.6 is 0 Å². The van der Waals surface area contributed by atoms with Crippen LogP contribution in [0.3, 0.4) is 0 Å². The van der Waals surface area contributed by atoms with Gasteiger partial charge in [-0.1, -0.05) is 98.3 Å². The number of carbonyl (C=O) groups is 1. The second kappa shape index (κ2) is 17.6. The first-order valence-corrected chi connectivity index (χ1v) is 20.1. The maximum atomic E-state index is 11.0. The van der Waals surface area contributed by atoms with Gasteiger partial charge in [0.25, 0.3) is 0 Å². The molecule has 0 spiro atoms. The van der Waals surface area contributed by atoms with Gasteiger partial charge in [-0.25, -0.2) is 0 Å². The molecule has 0 fully saturated rings. The van der Waals surface area contributed by atoms with E-state index in [-0.39, 0.29) is 6.42 Å². The molecule has 0 aliphatic heterocycles. The van der Waals surface area contributed by atoms with Crippen molar-refractivity contribution < 1.29 is 9.90 Å². The predicted octanol–water partition coefficient (Wildman–Crippen LogP) is 14.6. The Bertz CT molecular complexity index is 2430. The first-order valence-electron chi connectivity index (χ1n) is 20.1. The topological polar surface area (TPSA) is 43.8 Å². The monoisotopic (exact) mass is 748 g/mol. The standard InChI is InChI=1S/C53H52N2O2/c1-6-8-41-13-27-47(28-14-41)54(51-25-11-37(2)39(4)35-51)49-31-21-45(22-32-49)43-17-19-44(20-18-43)46-23-33-50(34-24-46)55(52-26-12-38(3)40(5)36-52)48-29-15-42(16-30-48)9-7-10-53(56)57/h11-36H,6-10H2,1-5H3,(H,56,57). The van der Waals surface area contributed by atoms with E-state index in [1.54, 1.807) is 0 Å². The third kappa shape index (κ3) is 9.19. The molecular weight excluding hydrogens is 697 g/mol. The lowest BCUT2D eigenvalue weighted by molar-refractivity contribution is -0.137.